The largest absolute Gasteiger partial charge is 0.340 e. The van der Waals surface area contributed by atoms with Crippen molar-refractivity contribution in [3.63, 3.8) is 0 Å². The van der Waals surface area contributed by atoms with E-state index in [1.807, 2.05) is 60.7 Å². The van der Waals surface area contributed by atoms with Gasteiger partial charge in [-0.1, -0.05) is 60.1 Å². The van der Waals surface area contributed by atoms with Crippen LogP contribution in [0.4, 0.5) is 0 Å². The van der Waals surface area contributed by atoms with Gasteiger partial charge >= 0.3 is 0 Å². The first-order valence-corrected chi connectivity index (χ1v) is 9.12. The predicted molar refractivity (Wildman–Crippen MR) is 110 cm³/mol. The summed E-state index contributed by atoms with van der Waals surface area (Å²) < 4.78 is 0. The smallest absolute Gasteiger partial charge is 0.126 e. The van der Waals surface area contributed by atoms with Crippen molar-refractivity contribution < 1.29 is 0 Å². The van der Waals surface area contributed by atoms with Crippen LogP contribution in [0.15, 0.2) is 79.0 Å². The minimum Gasteiger partial charge on any atom is -0.340 e. The molecule has 0 aliphatic carbocycles. The van der Waals surface area contributed by atoms with Crippen molar-refractivity contribution >= 4 is 24.2 Å². The Morgan fingerprint density at radius 2 is 1.58 bits per heavy atom. The van der Waals surface area contributed by atoms with Crippen molar-refractivity contribution in [2.24, 2.45) is 0 Å². The van der Waals surface area contributed by atoms with E-state index < -0.39 is 0 Å². The minimum atomic E-state index is -0.236. The maximum absolute atomic E-state index is 6.04. The number of aromatic nitrogens is 3. The molecule has 1 N–H and O–H groups in total. The first-order chi connectivity index (χ1) is 12.7. The third kappa shape index (κ3) is 3.39. The van der Waals surface area contributed by atoms with E-state index in [0.717, 1.165) is 34.0 Å². The number of rotatable bonds is 4. The molecule has 5 heteroatoms. The summed E-state index contributed by atoms with van der Waals surface area (Å²) in [6.45, 7) is 0. The second-order valence-electron chi connectivity index (χ2n) is 5.88. The van der Waals surface area contributed by atoms with E-state index in [1.54, 1.807) is 6.20 Å². The van der Waals surface area contributed by atoms with Crippen molar-refractivity contribution in [2.75, 3.05) is 0 Å². The van der Waals surface area contributed by atoms with Gasteiger partial charge in [0.05, 0.1) is 17.1 Å². The Morgan fingerprint density at radius 3 is 2.27 bits per heavy atom. The average Bonchev–Trinajstić information content (AvgIpc) is 3.15. The van der Waals surface area contributed by atoms with Crippen molar-refractivity contribution in [3.05, 3.63) is 95.5 Å². The van der Waals surface area contributed by atoms with E-state index in [-0.39, 0.29) is 5.25 Å². The summed E-state index contributed by atoms with van der Waals surface area (Å²) in [5, 5.41) is 0.464. The zero-order valence-electron chi connectivity index (χ0n) is 13.8. The molecule has 4 rings (SSSR count). The van der Waals surface area contributed by atoms with Crippen LogP contribution in [-0.2, 0) is 0 Å². The Kier molecular flexibility index (Phi) is 4.78. The first kappa shape index (κ1) is 16.9. The number of hydrogen-bond donors (Lipinski definition) is 2. The molecule has 2 heterocycles. The van der Waals surface area contributed by atoms with E-state index in [4.69, 9.17) is 29.2 Å². The SMILES string of the molecule is SC(c1ccccn1)c1nc(-c2ccc(Cl)cc2)c(-c2ccccc2)[nH]1. The van der Waals surface area contributed by atoms with Crippen LogP contribution in [0.1, 0.15) is 16.8 Å². The lowest BCUT2D eigenvalue weighted by molar-refractivity contribution is 0.962. The average molecular weight is 378 g/mol. The summed E-state index contributed by atoms with van der Waals surface area (Å²) in [4.78, 5) is 12.7. The second-order valence-corrected chi connectivity index (χ2v) is 6.83. The number of hydrogen-bond acceptors (Lipinski definition) is 3. The van der Waals surface area contributed by atoms with Crippen LogP contribution in [0, 0.1) is 0 Å². The highest BCUT2D eigenvalue weighted by Gasteiger charge is 2.20. The van der Waals surface area contributed by atoms with Gasteiger partial charge in [-0.2, -0.15) is 12.6 Å². The van der Waals surface area contributed by atoms with Gasteiger partial charge in [0.1, 0.15) is 11.1 Å². The molecule has 0 aliphatic rings. The maximum Gasteiger partial charge on any atom is 0.126 e. The molecule has 128 valence electrons. The van der Waals surface area contributed by atoms with Crippen molar-refractivity contribution in [1.29, 1.82) is 0 Å². The third-order valence-electron chi connectivity index (χ3n) is 4.13. The van der Waals surface area contributed by atoms with Crippen LogP contribution < -0.4 is 0 Å². The van der Waals surface area contributed by atoms with Gasteiger partial charge in [-0.25, -0.2) is 4.98 Å². The quantitative estimate of drug-likeness (QED) is 0.440. The number of imidazole rings is 1. The fourth-order valence-electron chi connectivity index (χ4n) is 2.83. The molecule has 3 nitrogen and oxygen atoms in total. The van der Waals surface area contributed by atoms with Gasteiger partial charge in [0, 0.05) is 22.3 Å². The number of halogens is 1. The first-order valence-electron chi connectivity index (χ1n) is 8.22. The molecule has 26 heavy (non-hydrogen) atoms. The van der Waals surface area contributed by atoms with Crippen LogP contribution in [0.5, 0.6) is 0 Å². The highest BCUT2D eigenvalue weighted by Crippen LogP contribution is 2.34. The number of aromatic amines is 1. The van der Waals surface area contributed by atoms with Crippen molar-refractivity contribution in [2.45, 2.75) is 5.25 Å². The lowest BCUT2D eigenvalue weighted by Gasteiger charge is -2.06. The van der Waals surface area contributed by atoms with E-state index >= 15 is 0 Å². The van der Waals surface area contributed by atoms with Crippen LogP contribution in [-0.4, -0.2) is 15.0 Å². The minimum absolute atomic E-state index is 0.236. The standard InChI is InChI=1S/C21H16ClN3S/c22-16-11-9-15(10-12-16)19-18(14-6-2-1-3-7-14)24-21(25-19)20(26)17-8-4-5-13-23-17/h1-13,20,26H,(H,24,25). The molecule has 4 aromatic rings. The molecule has 1 unspecified atom stereocenters. The molecule has 0 saturated heterocycles. The van der Waals surface area contributed by atoms with Crippen LogP contribution >= 0.6 is 24.2 Å². The number of pyridine rings is 1. The molecule has 0 spiro atoms. The van der Waals surface area contributed by atoms with E-state index in [1.165, 1.54) is 0 Å². The Bertz CT molecular complexity index is 999. The maximum atomic E-state index is 6.04. The Labute approximate surface area is 162 Å². The lowest BCUT2D eigenvalue weighted by atomic mass is 10.1. The zero-order chi connectivity index (χ0) is 17.9. The van der Waals surface area contributed by atoms with Crippen LogP contribution in [0.25, 0.3) is 22.5 Å². The zero-order valence-corrected chi connectivity index (χ0v) is 15.5. The molecule has 2 aromatic heterocycles. The number of H-pyrrole nitrogens is 1. The number of nitrogens with zero attached hydrogens (tertiary/aromatic N) is 2. The molecule has 0 radical (unpaired) electrons. The molecular weight excluding hydrogens is 362 g/mol. The normalized spacial score (nSPS) is 12.1. The fraction of sp³-hybridized carbons (Fsp3) is 0.0476. The summed E-state index contributed by atoms with van der Waals surface area (Å²) in [5.41, 5.74) is 4.75. The van der Waals surface area contributed by atoms with E-state index in [9.17, 15) is 0 Å². The molecule has 1 atom stereocenters. The number of nitrogens with one attached hydrogen (secondary N) is 1. The van der Waals surface area contributed by atoms with E-state index in [0.29, 0.717) is 5.02 Å². The fourth-order valence-corrected chi connectivity index (χ4v) is 3.23. The van der Waals surface area contributed by atoms with E-state index in [2.05, 4.69) is 22.1 Å². The van der Waals surface area contributed by atoms with Crippen molar-refractivity contribution in [1.82, 2.24) is 15.0 Å². The summed E-state index contributed by atoms with van der Waals surface area (Å²) >= 11 is 10.8. The Morgan fingerprint density at radius 1 is 0.846 bits per heavy atom. The Balaban J connectivity index is 1.84. The van der Waals surface area contributed by atoms with Crippen LogP contribution in [0.3, 0.4) is 0 Å². The number of benzene rings is 2. The second kappa shape index (κ2) is 7.36. The molecule has 2 aromatic carbocycles. The van der Waals surface area contributed by atoms with Gasteiger partial charge in [0.15, 0.2) is 0 Å². The van der Waals surface area contributed by atoms with Crippen LogP contribution in [0.2, 0.25) is 5.02 Å². The molecule has 0 saturated carbocycles. The molecule has 0 aliphatic heterocycles. The van der Waals surface area contributed by atoms with Gasteiger partial charge < -0.3 is 4.98 Å². The molecule has 0 bridgehead atoms. The summed E-state index contributed by atoms with van der Waals surface area (Å²) in [7, 11) is 0. The lowest BCUT2D eigenvalue weighted by Crippen LogP contribution is -1.98. The van der Waals surface area contributed by atoms with Gasteiger partial charge in [-0.05, 0) is 24.3 Å². The monoisotopic (exact) mass is 377 g/mol. The molecule has 0 amide bonds. The predicted octanol–water partition coefficient (Wildman–Crippen LogP) is 5.81. The highest BCUT2D eigenvalue weighted by molar-refractivity contribution is 7.80. The molecular formula is C21H16ClN3S. The summed E-state index contributed by atoms with van der Waals surface area (Å²) in [6.07, 6.45) is 1.76. The molecule has 0 fully saturated rings. The third-order valence-corrected chi connectivity index (χ3v) is 4.89. The Hall–Kier alpha value is -2.56. The van der Waals surface area contributed by atoms with Gasteiger partial charge in [0.25, 0.3) is 0 Å². The van der Waals surface area contributed by atoms with Gasteiger partial charge in [0.2, 0.25) is 0 Å². The topological polar surface area (TPSA) is 41.6 Å². The highest BCUT2D eigenvalue weighted by atomic mass is 35.5. The summed E-state index contributed by atoms with van der Waals surface area (Å²) in [6, 6.07) is 23.6. The van der Waals surface area contributed by atoms with Gasteiger partial charge in [-0.15, -0.1) is 0 Å². The summed E-state index contributed by atoms with van der Waals surface area (Å²) in [5.74, 6) is 0.760. The number of thiol groups is 1. The van der Waals surface area contributed by atoms with Crippen molar-refractivity contribution in [3.8, 4) is 22.5 Å². The van der Waals surface area contributed by atoms with Gasteiger partial charge in [-0.3, -0.25) is 4.98 Å².